The van der Waals surface area contributed by atoms with Crippen LogP contribution in [0.3, 0.4) is 0 Å². The average molecular weight is 378 g/mol. The molecule has 2 aromatic carbocycles. The summed E-state index contributed by atoms with van der Waals surface area (Å²) in [6.45, 7) is 0.716. The van der Waals surface area contributed by atoms with Crippen LogP contribution in [-0.2, 0) is 6.54 Å². The third-order valence-electron chi connectivity index (χ3n) is 3.46. The van der Waals surface area contributed by atoms with Crippen molar-refractivity contribution < 1.29 is 14.2 Å². The molecule has 26 heavy (non-hydrogen) atoms. The van der Waals surface area contributed by atoms with Gasteiger partial charge in [-0.15, -0.1) is 12.4 Å². The molecule has 5 N–H and O–H groups in total. The first-order valence-corrected chi connectivity index (χ1v) is 7.60. The molecule has 0 unspecified atom stereocenters. The molecule has 0 fully saturated rings. The summed E-state index contributed by atoms with van der Waals surface area (Å²) in [6, 6.07) is 12.9. The number of nitrogens with one attached hydrogen (secondary N) is 3. The fourth-order valence-electron chi connectivity index (χ4n) is 2.26. The van der Waals surface area contributed by atoms with Gasteiger partial charge in [-0.3, -0.25) is 10.7 Å². The number of methoxy groups -OCH3 is 1. The normalized spacial score (nSPS) is 12.1. The van der Waals surface area contributed by atoms with Crippen molar-refractivity contribution in [3.05, 3.63) is 48.0 Å². The lowest BCUT2D eigenvalue weighted by molar-refractivity contribution is 0.174. The quantitative estimate of drug-likeness (QED) is 0.479. The van der Waals surface area contributed by atoms with E-state index in [1.807, 2.05) is 42.5 Å². The first kappa shape index (κ1) is 19.2. The summed E-state index contributed by atoms with van der Waals surface area (Å²) < 4.78 is 15.8. The molecule has 0 bridgehead atoms. The van der Waals surface area contributed by atoms with E-state index in [1.165, 1.54) is 0 Å². The molecular formula is C17H20ClN5O3. The fraction of sp³-hybridized carbons (Fsp3) is 0.176. The molecule has 0 atom stereocenters. The lowest BCUT2D eigenvalue weighted by Gasteiger charge is -2.12. The lowest BCUT2D eigenvalue weighted by Crippen LogP contribution is -2.43. The van der Waals surface area contributed by atoms with Crippen molar-refractivity contribution in [1.82, 2.24) is 10.6 Å². The van der Waals surface area contributed by atoms with Crippen LogP contribution >= 0.6 is 12.4 Å². The molecule has 138 valence electrons. The van der Waals surface area contributed by atoms with Gasteiger partial charge < -0.3 is 25.3 Å². The number of guanidine groups is 2. The van der Waals surface area contributed by atoms with Gasteiger partial charge in [-0.05, 0) is 42.0 Å². The monoisotopic (exact) mass is 377 g/mol. The number of nitrogens with two attached hydrogens (primary N) is 1. The van der Waals surface area contributed by atoms with Crippen LogP contribution in [0.1, 0.15) is 5.56 Å². The number of benzene rings is 2. The summed E-state index contributed by atoms with van der Waals surface area (Å²) in [5.41, 5.74) is 7.11. The van der Waals surface area contributed by atoms with E-state index >= 15 is 0 Å². The molecule has 9 heteroatoms. The molecule has 0 aromatic heterocycles. The zero-order chi connectivity index (χ0) is 17.6. The van der Waals surface area contributed by atoms with E-state index in [4.69, 9.17) is 25.4 Å². The maximum absolute atomic E-state index is 7.43. The van der Waals surface area contributed by atoms with Crippen LogP contribution in [-0.4, -0.2) is 25.8 Å². The van der Waals surface area contributed by atoms with Crippen molar-refractivity contribution in [3.8, 4) is 17.2 Å². The van der Waals surface area contributed by atoms with E-state index in [-0.39, 0.29) is 25.2 Å². The topological polar surface area (TPSA) is 114 Å². The van der Waals surface area contributed by atoms with E-state index < -0.39 is 0 Å². The Morgan fingerprint density at radius 2 is 1.92 bits per heavy atom. The maximum atomic E-state index is 7.43. The second-order valence-electron chi connectivity index (χ2n) is 5.24. The summed E-state index contributed by atoms with van der Waals surface area (Å²) in [7, 11) is 1.61. The highest BCUT2D eigenvalue weighted by Crippen LogP contribution is 2.32. The molecule has 3 rings (SSSR count). The van der Waals surface area contributed by atoms with Crippen LogP contribution in [0.2, 0.25) is 0 Å². The molecule has 0 amide bonds. The van der Waals surface area contributed by atoms with Gasteiger partial charge in [0, 0.05) is 6.54 Å². The third kappa shape index (κ3) is 4.93. The van der Waals surface area contributed by atoms with Crippen molar-refractivity contribution in [1.29, 1.82) is 5.41 Å². The molecule has 0 saturated heterocycles. The average Bonchev–Trinajstić information content (AvgIpc) is 3.07. The van der Waals surface area contributed by atoms with Crippen LogP contribution in [0.15, 0.2) is 47.5 Å². The van der Waals surface area contributed by atoms with Crippen molar-refractivity contribution in [2.45, 2.75) is 6.54 Å². The summed E-state index contributed by atoms with van der Waals surface area (Å²) in [6.07, 6.45) is 0. The predicted octanol–water partition coefficient (Wildman–Crippen LogP) is 2.11. The smallest absolute Gasteiger partial charge is 0.231 e. The standard InChI is InChI=1S/C17H19N5O3.ClH/c1-23-13-5-3-12(4-6-13)21-17(22-16(18)19)20-9-11-2-7-14-15(8-11)25-10-24-14;/h2-8H,9-10H2,1H3,(H5,18,19,20,21,22);1H. The number of hydrogen-bond donors (Lipinski definition) is 4. The van der Waals surface area contributed by atoms with Gasteiger partial charge in [-0.2, -0.15) is 0 Å². The Labute approximate surface area is 157 Å². The number of fused-ring (bicyclic) bond motifs is 1. The SMILES string of the molecule is COc1ccc(N=C(NCc2ccc3c(c2)OCO3)NC(=N)N)cc1.Cl. The minimum atomic E-state index is -0.203. The van der Waals surface area contributed by atoms with Crippen molar-refractivity contribution >= 4 is 30.0 Å². The Morgan fingerprint density at radius 1 is 1.19 bits per heavy atom. The molecular weight excluding hydrogens is 358 g/mol. The highest BCUT2D eigenvalue weighted by Gasteiger charge is 2.13. The zero-order valence-corrected chi connectivity index (χ0v) is 14.9. The van der Waals surface area contributed by atoms with Crippen LogP contribution in [0, 0.1) is 5.41 Å². The largest absolute Gasteiger partial charge is 0.497 e. The highest BCUT2D eigenvalue weighted by molar-refractivity contribution is 5.97. The van der Waals surface area contributed by atoms with Crippen molar-refractivity contribution in [2.24, 2.45) is 10.7 Å². The Morgan fingerprint density at radius 3 is 2.62 bits per heavy atom. The van der Waals surface area contributed by atoms with Crippen molar-refractivity contribution in [3.63, 3.8) is 0 Å². The lowest BCUT2D eigenvalue weighted by atomic mass is 10.2. The van der Waals surface area contributed by atoms with Gasteiger partial charge in [0.1, 0.15) is 5.75 Å². The second kappa shape index (κ2) is 8.82. The highest BCUT2D eigenvalue weighted by atomic mass is 35.5. The number of nitrogens with zero attached hydrogens (tertiary/aromatic N) is 1. The van der Waals surface area contributed by atoms with Gasteiger partial charge in [0.05, 0.1) is 12.8 Å². The van der Waals surface area contributed by atoms with Gasteiger partial charge in [0.2, 0.25) is 12.8 Å². The van der Waals surface area contributed by atoms with Gasteiger partial charge >= 0.3 is 0 Å². The minimum Gasteiger partial charge on any atom is -0.497 e. The number of rotatable bonds is 4. The summed E-state index contributed by atoms with van der Waals surface area (Å²) in [5, 5.41) is 13.2. The van der Waals surface area contributed by atoms with Gasteiger partial charge in [-0.25, -0.2) is 4.99 Å². The summed E-state index contributed by atoms with van der Waals surface area (Å²) >= 11 is 0. The molecule has 1 heterocycles. The molecule has 0 aliphatic carbocycles. The first-order chi connectivity index (χ1) is 12.1. The van der Waals surface area contributed by atoms with Gasteiger partial charge in [0.15, 0.2) is 17.5 Å². The molecule has 0 radical (unpaired) electrons. The summed E-state index contributed by atoms with van der Waals surface area (Å²) in [5.74, 6) is 2.36. The van der Waals surface area contributed by atoms with Crippen LogP contribution in [0.4, 0.5) is 5.69 Å². The van der Waals surface area contributed by atoms with Gasteiger partial charge in [-0.1, -0.05) is 6.07 Å². The molecule has 1 aliphatic heterocycles. The Kier molecular flexibility index (Phi) is 6.51. The van der Waals surface area contributed by atoms with E-state index in [0.29, 0.717) is 23.9 Å². The van der Waals surface area contributed by atoms with E-state index in [0.717, 1.165) is 17.1 Å². The number of halogens is 1. The number of hydrogen-bond acceptors (Lipinski definition) is 5. The molecule has 2 aromatic rings. The Bertz CT molecular complexity index is 795. The van der Waals surface area contributed by atoms with Crippen molar-refractivity contribution in [2.75, 3.05) is 13.9 Å². The van der Waals surface area contributed by atoms with E-state index in [2.05, 4.69) is 15.6 Å². The van der Waals surface area contributed by atoms with Crippen LogP contribution < -0.4 is 30.6 Å². The zero-order valence-electron chi connectivity index (χ0n) is 14.1. The second-order valence-corrected chi connectivity index (χ2v) is 5.24. The Balaban J connectivity index is 0.00000243. The fourth-order valence-corrected chi connectivity index (χ4v) is 2.26. The molecule has 0 saturated carbocycles. The van der Waals surface area contributed by atoms with Crippen LogP contribution in [0.25, 0.3) is 0 Å². The number of aliphatic imine (C=N–C) groups is 1. The number of ether oxygens (including phenoxy) is 3. The third-order valence-corrected chi connectivity index (χ3v) is 3.46. The van der Waals surface area contributed by atoms with Gasteiger partial charge in [0.25, 0.3) is 0 Å². The Hall–Kier alpha value is -3.13. The maximum Gasteiger partial charge on any atom is 0.231 e. The first-order valence-electron chi connectivity index (χ1n) is 7.60. The van der Waals surface area contributed by atoms with Crippen LogP contribution in [0.5, 0.6) is 17.2 Å². The predicted molar refractivity (Wildman–Crippen MR) is 102 cm³/mol. The minimum absolute atomic E-state index is 0. The molecule has 0 spiro atoms. The summed E-state index contributed by atoms with van der Waals surface area (Å²) in [4.78, 5) is 4.42. The molecule has 1 aliphatic rings. The van der Waals surface area contributed by atoms with E-state index in [1.54, 1.807) is 7.11 Å². The molecule has 8 nitrogen and oxygen atoms in total. The van der Waals surface area contributed by atoms with E-state index in [9.17, 15) is 0 Å².